The van der Waals surface area contributed by atoms with Gasteiger partial charge in [-0.05, 0) is 43.2 Å². The molecule has 1 saturated carbocycles. The van der Waals surface area contributed by atoms with Crippen molar-refractivity contribution >= 4 is 22.8 Å². The third kappa shape index (κ3) is 3.23. The zero-order valence-electron chi connectivity index (χ0n) is 13.0. The third-order valence-electron chi connectivity index (χ3n) is 4.70. The van der Waals surface area contributed by atoms with E-state index in [0.717, 1.165) is 47.4 Å². The molecule has 1 aliphatic carbocycles. The molecule has 0 atom stereocenters. The monoisotopic (exact) mass is 305 g/mol. The van der Waals surface area contributed by atoms with Gasteiger partial charge in [-0.25, -0.2) is 9.97 Å². The highest BCUT2D eigenvalue weighted by atomic mass is 35.5. The second kappa shape index (κ2) is 6.35. The molecule has 0 N–H and O–H groups in total. The normalized spacial score (nSPS) is 22.8. The van der Waals surface area contributed by atoms with Crippen LogP contribution in [0.3, 0.4) is 0 Å². The van der Waals surface area contributed by atoms with Crippen LogP contribution in [-0.4, -0.2) is 20.4 Å². The Labute approximate surface area is 131 Å². The van der Waals surface area contributed by atoms with Gasteiger partial charge in [-0.1, -0.05) is 19.8 Å². The third-order valence-corrected chi connectivity index (χ3v) is 4.88. The van der Waals surface area contributed by atoms with Gasteiger partial charge in [0.2, 0.25) is 0 Å². The van der Waals surface area contributed by atoms with E-state index in [4.69, 9.17) is 16.6 Å². The molecular formula is C17H24ClN3. The zero-order chi connectivity index (χ0) is 14.8. The topological polar surface area (TPSA) is 30.7 Å². The Balaban J connectivity index is 1.89. The SMILES string of the molecule is Cc1cnc2c(c1)nc(CCCl)n2CC1CCC(C)CC1. The molecule has 2 heterocycles. The summed E-state index contributed by atoms with van der Waals surface area (Å²) >= 11 is 5.95. The van der Waals surface area contributed by atoms with Crippen molar-refractivity contribution in [3.05, 3.63) is 23.7 Å². The maximum atomic E-state index is 5.95. The van der Waals surface area contributed by atoms with E-state index in [1.54, 1.807) is 0 Å². The maximum Gasteiger partial charge on any atom is 0.160 e. The van der Waals surface area contributed by atoms with Crippen LogP contribution in [0, 0.1) is 18.8 Å². The number of pyridine rings is 1. The molecule has 1 fully saturated rings. The van der Waals surface area contributed by atoms with Crippen LogP contribution in [0.5, 0.6) is 0 Å². The summed E-state index contributed by atoms with van der Waals surface area (Å²) in [5, 5.41) is 0. The Morgan fingerprint density at radius 1 is 1.29 bits per heavy atom. The molecule has 3 nitrogen and oxygen atoms in total. The number of halogens is 1. The highest BCUT2D eigenvalue weighted by Gasteiger charge is 2.21. The minimum atomic E-state index is 0.615. The lowest BCUT2D eigenvalue weighted by Gasteiger charge is -2.27. The van der Waals surface area contributed by atoms with E-state index in [0.29, 0.717) is 5.88 Å². The molecule has 0 aliphatic heterocycles. The highest BCUT2D eigenvalue weighted by molar-refractivity contribution is 6.17. The minimum Gasteiger partial charge on any atom is -0.312 e. The first kappa shape index (κ1) is 14.8. The number of aromatic nitrogens is 3. The zero-order valence-corrected chi connectivity index (χ0v) is 13.7. The van der Waals surface area contributed by atoms with Crippen LogP contribution in [0.25, 0.3) is 11.2 Å². The van der Waals surface area contributed by atoms with E-state index in [1.165, 1.54) is 25.7 Å². The Kier molecular flexibility index (Phi) is 4.48. The fourth-order valence-corrected chi connectivity index (χ4v) is 3.56. The first-order chi connectivity index (χ1) is 10.2. The van der Waals surface area contributed by atoms with E-state index in [1.807, 2.05) is 6.20 Å². The van der Waals surface area contributed by atoms with Crippen molar-refractivity contribution in [1.29, 1.82) is 0 Å². The summed E-state index contributed by atoms with van der Waals surface area (Å²) in [6, 6.07) is 2.12. The van der Waals surface area contributed by atoms with Gasteiger partial charge < -0.3 is 4.57 Å². The van der Waals surface area contributed by atoms with E-state index in [-0.39, 0.29) is 0 Å². The van der Waals surface area contributed by atoms with Gasteiger partial charge in [0.1, 0.15) is 11.3 Å². The van der Waals surface area contributed by atoms with Crippen molar-refractivity contribution < 1.29 is 0 Å². The number of alkyl halides is 1. The molecule has 3 rings (SSSR count). The molecule has 0 saturated heterocycles. The van der Waals surface area contributed by atoms with Crippen LogP contribution < -0.4 is 0 Å². The molecule has 1 aliphatic rings. The van der Waals surface area contributed by atoms with E-state index in [9.17, 15) is 0 Å². The maximum absolute atomic E-state index is 5.95. The van der Waals surface area contributed by atoms with Gasteiger partial charge in [-0.2, -0.15) is 0 Å². The lowest BCUT2D eigenvalue weighted by Crippen LogP contribution is -2.19. The molecule has 0 radical (unpaired) electrons. The molecule has 0 aromatic carbocycles. The summed E-state index contributed by atoms with van der Waals surface area (Å²) in [5.74, 6) is 3.36. The number of rotatable bonds is 4. The minimum absolute atomic E-state index is 0.615. The summed E-state index contributed by atoms with van der Waals surface area (Å²) in [7, 11) is 0. The molecule has 0 spiro atoms. The average molecular weight is 306 g/mol. The quantitative estimate of drug-likeness (QED) is 0.786. The predicted molar refractivity (Wildman–Crippen MR) is 87.8 cm³/mol. The van der Waals surface area contributed by atoms with E-state index >= 15 is 0 Å². The number of aryl methyl sites for hydroxylation is 2. The smallest absolute Gasteiger partial charge is 0.160 e. The Morgan fingerprint density at radius 3 is 2.76 bits per heavy atom. The lowest BCUT2D eigenvalue weighted by atomic mass is 9.83. The number of hydrogen-bond donors (Lipinski definition) is 0. The van der Waals surface area contributed by atoms with Crippen molar-refractivity contribution in [1.82, 2.24) is 14.5 Å². The number of nitrogens with zero attached hydrogens (tertiary/aromatic N) is 3. The van der Waals surface area contributed by atoms with Gasteiger partial charge in [-0.15, -0.1) is 11.6 Å². The van der Waals surface area contributed by atoms with Gasteiger partial charge >= 0.3 is 0 Å². The first-order valence-electron chi connectivity index (χ1n) is 8.05. The van der Waals surface area contributed by atoms with Crippen LogP contribution in [-0.2, 0) is 13.0 Å². The van der Waals surface area contributed by atoms with Gasteiger partial charge in [0.05, 0.1) is 0 Å². The molecule has 2 aromatic rings. The Hall–Kier alpha value is -1.09. The van der Waals surface area contributed by atoms with E-state index in [2.05, 4.69) is 29.5 Å². The molecular weight excluding hydrogens is 282 g/mol. The van der Waals surface area contributed by atoms with Crippen LogP contribution >= 0.6 is 11.6 Å². The summed E-state index contributed by atoms with van der Waals surface area (Å²) < 4.78 is 2.32. The van der Waals surface area contributed by atoms with Crippen molar-refractivity contribution in [2.45, 2.75) is 52.5 Å². The largest absolute Gasteiger partial charge is 0.312 e. The van der Waals surface area contributed by atoms with Crippen molar-refractivity contribution in [2.24, 2.45) is 11.8 Å². The van der Waals surface area contributed by atoms with Crippen LogP contribution in [0.1, 0.15) is 44.0 Å². The summed E-state index contributed by atoms with van der Waals surface area (Å²) in [4.78, 5) is 9.38. The van der Waals surface area contributed by atoms with Gasteiger partial charge in [0, 0.05) is 25.0 Å². The predicted octanol–water partition coefficient (Wildman–Crippen LogP) is 4.35. The van der Waals surface area contributed by atoms with Crippen molar-refractivity contribution in [3.63, 3.8) is 0 Å². The molecule has 114 valence electrons. The molecule has 4 heteroatoms. The van der Waals surface area contributed by atoms with E-state index < -0.39 is 0 Å². The summed E-state index contributed by atoms with van der Waals surface area (Å²) in [6.45, 7) is 5.48. The highest BCUT2D eigenvalue weighted by Crippen LogP contribution is 2.30. The number of fused-ring (bicyclic) bond motifs is 1. The molecule has 21 heavy (non-hydrogen) atoms. The van der Waals surface area contributed by atoms with Gasteiger partial charge in [0.15, 0.2) is 5.65 Å². The molecule has 2 aromatic heterocycles. The van der Waals surface area contributed by atoms with Crippen LogP contribution in [0.15, 0.2) is 12.3 Å². The van der Waals surface area contributed by atoms with Crippen molar-refractivity contribution in [2.75, 3.05) is 5.88 Å². The average Bonchev–Trinajstić information content (AvgIpc) is 2.79. The molecule has 0 amide bonds. The Bertz CT molecular complexity index is 612. The van der Waals surface area contributed by atoms with Gasteiger partial charge in [-0.3, -0.25) is 0 Å². The second-order valence-electron chi connectivity index (χ2n) is 6.56. The molecule has 0 unspecified atom stereocenters. The molecule has 0 bridgehead atoms. The van der Waals surface area contributed by atoms with Crippen molar-refractivity contribution in [3.8, 4) is 0 Å². The Morgan fingerprint density at radius 2 is 2.05 bits per heavy atom. The van der Waals surface area contributed by atoms with Gasteiger partial charge in [0.25, 0.3) is 0 Å². The fraction of sp³-hybridized carbons (Fsp3) is 0.647. The lowest BCUT2D eigenvalue weighted by molar-refractivity contribution is 0.264. The number of imidazole rings is 1. The summed E-state index contributed by atoms with van der Waals surface area (Å²) in [5.41, 5.74) is 3.20. The first-order valence-corrected chi connectivity index (χ1v) is 8.58. The second-order valence-corrected chi connectivity index (χ2v) is 6.94. The summed E-state index contributed by atoms with van der Waals surface area (Å²) in [6.07, 6.45) is 8.12. The standard InChI is InChI=1S/C17H24ClN3/c1-12-3-5-14(6-4-12)11-21-16(7-8-18)20-15-9-13(2)10-19-17(15)21/h9-10,12,14H,3-8,11H2,1-2H3. The van der Waals surface area contributed by atoms with Crippen LogP contribution in [0.2, 0.25) is 0 Å². The fourth-order valence-electron chi connectivity index (χ4n) is 3.40. The number of hydrogen-bond acceptors (Lipinski definition) is 2. The van der Waals surface area contributed by atoms with Crippen LogP contribution in [0.4, 0.5) is 0 Å².